The van der Waals surface area contributed by atoms with Gasteiger partial charge in [-0.2, -0.15) is 13.2 Å². The molecule has 2 rings (SSSR count). The van der Waals surface area contributed by atoms with Gasteiger partial charge in [0.2, 0.25) is 12.4 Å². The van der Waals surface area contributed by atoms with Crippen molar-refractivity contribution in [3.8, 4) is 0 Å². The molecule has 0 amide bonds. The van der Waals surface area contributed by atoms with Gasteiger partial charge in [-0.1, -0.05) is 34.0 Å². The quantitative estimate of drug-likeness (QED) is 0.475. The second-order valence-corrected chi connectivity index (χ2v) is 6.27. The van der Waals surface area contributed by atoms with Gasteiger partial charge in [-0.15, -0.1) is 0 Å². The smallest absolute Gasteiger partial charge is 0.422 e. The topological polar surface area (TPSA) is 87.1 Å². The largest absolute Gasteiger partial charge is 0.744 e. The van der Waals surface area contributed by atoms with E-state index in [1.807, 2.05) is 6.92 Å². The number of aryl methyl sites for hydroxylation is 1. The summed E-state index contributed by atoms with van der Waals surface area (Å²) in [7, 11) is -4.27. The van der Waals surface area contributed by atoms with E-state index in [0.29, 0.717) is 0 Å². The molecule has 126 valence electrons. The van der Waals surface area contributed by atoms with Gasteiger partial charge in [-0.3, -0.25) is 0 Å². The number of nitrogen functional groups attached to an aromatic ring is 1. The minimum Gasteiger partial charge on any atom is -0.744 e. The summed E-state index contributed by atoms with van der Waals surface area (Å²) >= 11 is 5.36. The van der Waals surface area contributed by atoms with E-state index in [0.717, 1.165) is 22.5 Å². The van der Waals surface area contributed by atoms with E-state index >= 15 is 0 Å². The molecule has 1 heterocycles. The molecule has 0 fully saturated rings. The molecule has 0 aliphatic rings. The van der Waals surface area contributed by atoms with Crippen molar-refractivity contribution in [3.05, 3.63) is 58.9 Å². The van der Waals surface area contributed by atoms with Crippen LogP contribution in [0.2, 0.25) is 5.02 Å². The fourth-order valence-electron chi connectivity index (χ4n) is 1.42. The number of aromatic nitrogens is 1. The Labute approximate surface area is 135 Å². The maximum Gasteiger partial charge on any atom is 0.422 e. The molecular formula is C13H12ClF3N2O3S. The van der Waals surface area contributed by atoms with Crippen LogP contribution in [0.25, 0.3) is 0 Å². The van der Waals surface area contributed by atoms with E-state index in [9.17, 15) is 26.1 Å². The average Bonchev–Trinajstić information content (AvgIpc) is 2.36. The third-order valence-electron chi connectivity index (χ3n) is 2.49. The van der Waals surface area contributed by atoms with Crippen molar-refractivity contribution < 1.29 is 30.8 Å². The highest BCUT2D eigenvalue weighted by Gasteiger charge is 2.33. The molecule has 2 aromatic rings. The predicted octanol–water partition coefficient (Wildman–Crippen LogP) is 2.26. The normalized spacial score (nSPS) is 11.6. The molecule has 0 unspecified atom stereocenters. The summed E-state index contributed by atoms with van der Waals surface area (Å²) in [5, 5.41) is -0.0488. The summed E-state index contributed by atoms with van der Waals surface area (Å²) in [6, 6.07) is 6.59. The van der Waals surface area contributed by atoms with E-state index in [-0.39, 0.29) is 9.92 Å². The number of pyridine rings is 1. The molecular weight excluding hydrogens is 357 g/mol. The minimum absolute atomic E-state index is 0.0488. The first-order chi connectivity index (χ1) is 10.4. The number of halogens is 4. The first-order valence-electron chi connectivity index (χ1n) is 5.96. The molecule has 0 bridgehead atoms. The minimum atomic E-state index is -4.41. The van der Waals surface area contributed by atoms with Crippen LogP contribution in [0.3, 0.4) is 0 Å². The number of alkyl halides is 3. The first kappa shape index (κ1) is 19.2. The molecule has 0 atom stereocenters. The molecule has 10 heteroatoms. The van der Waals surface area contributed by atoms with Crippen molar-refractivity contribution in [1.29, 1.82) is 0 Å². The van der Waals surface area contributed by atoms with Gasteiger partial charge >= 0.3 is 6.18 Å². The van der Waals surface area contributed by atoms with E-state index in [4.69, 9.17) is 17.4 Å². The van der Waals surface area contributed by atoms with Crippen LogP contribution in [0, 0.1) is 6.92 Å². The predicted molar refractivity (Wildman–Crippen MR) is 75.9 cm³/mol. The fraction of sp³-hybridized carbons (Fsp3) is 0.154. The third-order valence-corrected chi connectivity index (χ3v) is 3.55. The molecule has 0 saturated carbocycles. The Kier molecular flexibility index (Phi) is 5.98. The van der Waals surface area contributed by atoms with E-state index in [1.54, 1.807) is 12.1 Å². The van der Waals surface area contributed by atoms with Crippen LogP contribution in [0.5, 0.6) is 0 Å². The number of nitrogens with two attached hydrogens (primary N) is 1. The van der Waals surface area contributed by atoms with Gasteiger partial charge in [0.25, 0.3) is 0 Å². The number of benzene rings is 1. The van der Waals surface area contributed by atoms with E-state index in [2.05, 4.69) is 0 Å². The standard InChI is InChI=1S/C7H8O3S.C6H5ClF3N2/c1-6-2-4-7(5-3-6)11(8,9)10;7-5-1-4(6(8,9)10)2-12(11)3-5/h2-5H,1H3,(H,8,9,10);1-3H,11H2/q;+1/p-1. The van der Waals surface area contributed by atoms with Crippen molar-refractivity contribution in [2.45, 2.75) is 18.0 Å². The maximum atomic E-state index is 12.0. The van der Waals surface area contributed by atoms with Gasteiger partial charge in [0.1, 0.15) is 20.7 Å². The van der Waals surface area contributed by atoms with Crippen molar-refractivity contribution in [3.63, 3.8) is 0 Å². The Bertz CT molecular complexity index is 758. The van der Waals surface area contributed by atoms with Gasteiger partial charge in [0.15, 0.2) is 0 Å². The van der Waals surface area contributed by atoms with Gasteiger partial charge in [-0.25, -0.2) is 14.3 Å². The maximum absolute atomic E-state index is 12.0. The molecule has 0 radical (unpaired) electrons. The van der Waals surface area contributed by atoms with E-state index in [1.165, 1.54) is 18.3 Å². The zero-order chi connectivity index (χ0) is 17.8. The number of rotatable bonds is 1. The summed E-state index contributed by atoms with van der Waals surface area (Å²) in [5.74, 6) is 5.09. The number of hydrogen-bond donors (Lipinski definition) is 1. The zero-order valence-corrected chi connectivity index (χ0v) is 13.3. The van der Waals surface area contributed by atoms with Crippen molar-refractivity contribution >= 4 is 21.7 Å². The number of nitrogens with zero attached hydrogens (tertiary/aromatic N) is 1. The highest BCUT2D eigenvalue weighted by atomic mass is 35.5. The Morgan fingerprint density at radius 1 is 1.17 bits per heavy atom. The molecule has 0 aliphatic heterocycles. The van der Waals surface area contributed by atoms with Gasteiger partial charge in [0.05, 0.1) is 4.90 Å². The lowest BCUT2D eigenvalue weighted by Crippen LogP contribution is -2.44. The monoisotopic (exact) mass is 368 g/mol. The first-order valence-corrected chi connectivity index (χ1v) is 7.75. The second-order valence-electron chi connectivity index (χ2n) is 4.45. The molecule has 0 spiro atoms. The molecule has 23 heavy (non-hydrogen) atoms. The zero-order valence-electron chi connectivity index (χ0n) is 11.7. The lowest BCUT2D eigenvalue weighted by Gasteiger charge is -2.05. The average molecular weight is 369 g/mol. The van der Waals surface area contributed by atoms with Gasteiger partial charge in [0, 0.05) is 0 Å². The SMILES string of the molecule is Cc1ccc(S(=O)(=O)[O-])cc1.N[n+]1cc(Cl)cc(C(F)(F)F)c1. The molecule has 5 nitrogen and oxygen atoms in total. The molecule has 1 aromatic carbocycles. The van der Waals surface area contributed by atoms with Crippen LogP contribution in [-0.4, -0.2) is 13.0 Å². The van der Waals surface area contributed by atoms with E-state index < -0.39 is 21.9 Å². The Balaban J connectivity index is 0.000000231. The summed E-state index contributed by atoms with van der Waals surface area (Å²) in [6.07, 6.45) is -2.48. The number of hydrogen-bond acceptors (Lipinski definition) is 4. The summed E-state index contributed by atoms with van der Waals surface area (Å²) in [6.45, 7) is 1.82. The lowest BCUT2D eigenvalue weighted by atomic mass is 10.2. The summed E-state index contributed by atoms with van der Waals surface area (Å²) < 4.78 is 68.0. The highest BCUT2D eigenvalue weighted by Crippen LogP contribution is 2.29. The second kappa shape index (κ2) is 7.16. The highest BCUT2D eigenvalue weighted by molar-refractivity contribution is 7.85. The Hall–Kier alpha value is -1.84. The van der Waals surface area contributed by atoms with Crippen LogP contribution in [0.4, 0.5) is 13.2 Å². The van der Waals surface area contributed by atoms with Crippen molar-refractivity contribution in [1.82, 2.24) is 0 Å². The van der Waals surface area contributed by atoms with Crippen LogP contribution in [0.15, 0.2) is 47.6 Å². The lowest BCUT2D eigenvalue weighted by molar-refractivity contribution is -0.639. The van der Waals surface area contributed by atoms with Crippen LogP contribution in [-0.2, 0) is 16.3 Å². The molecule has 0 aliphatic carbocycles. The molecule has 2 N–H and O–H groups in total. The van der Waals surface area contributed by atoms with Crippen molar-refractivity contribution in [2.75, 3.05) is 5.84 Å². The van der Waals surface area contributed by atoms with Crippen LogP contribution in [0.1, 0.15) is 11.1 Å². The third kappa shape index (κ3) is 6.43. The Morgan fingerprint density at radius 3 is 2.09 bits per heavy atom. The van der Waals surface area contributed by atoms with Gasteiger partial charge < -0.3 is 4.55 Å². The summed E-state index contributed by atoms with van der Waals surface area (Å²) in [4.78, 5) is -0.178. The van der Waals surface area contributed by atoms with Crippen molar-refractivity contribution in [2.24, 2.45) is 0 Å². The fourth-order valence-corrected chi connectivity index (χ4v) is 2.12. The van der Waals surface area contributed by atoms with Crippen LogP contribution >= 0.6 is 11.6 Å². The Morgan fingerprint density at radius 2 is 1.70 bits per heavy atom. The molecule has 1 aromatic heterocycles. The van der Waals surface area contributed by atoms with Gasteiger partial charge in [-0.05, 0) is 25.1 Å². The molecule has 0 saturated heterocycles. The summed E-state index contributed by atoms with van der Waals surface area (Å²) in [5.41, 5.74) is 0.0647. The van der Waals surface area contributed by atoms with Crippen LogP contribution < -0.4 is 10.5 Å².